The van der Waals surface area contributed by atoms with E-state index >= 15 is 0 Å². The Bertz CT molecular complexity index is 128. The van der Waals surface area contributed by atoms with Gasteiger partial charge in [0.25, 0.3) is 0 Å². The maximum Gasteiger partial charge on any atom is 0.166 e. The lowest BCUT2D eigenvalue weighted by Gasteiger charge is -1.68. The Hall–Kier alpha value is 0.300. The van der Waals surface area contributed by atoms with Crippen LogP contribution in [0.1, 0.15) is 53.4 Å². The SMILES string of the molecule is CCCC.CCCC.n1pnpnp1. The highest BCUT2D eigenvalue weighted by Crippen LogP contribution is 2.01. The summed E-state index contributed by atoms with van der Waals surface area (Å²) < 4.78 is 11.3. The first-order valence-corrected chi connectivity index (χ1v) is 7.43. The first-order valence-electron chi connectivity index (χ1n) is 5.03. The van der Waals surface area contributed by atoms with Gasteiger partial charge in [0.2, 0.25) is 0 Å². The molecule has 0 unspecified atom stereocenters. The van der Waals surface area contributed by atoms with Gasteiger partial charge in [-0.3, -0.25) is 0 Å². The van der Waals surface area contributed by atoms with Gasteiger partial charge in [-0.2, -0.15) is 13.5 Å². The van der Waals surface area contributed by atoms with Crippen molar-refractivity contribution < 1.29 is 0 Å². The van der Waals surface area contributed by atoms with Gasteiger partial charge in [-0.1, -0.05) is 53.4 Å². The minimum Gasteiger partial charge on any atom is -0.166 e. The first kappa shape index (κ1) is 16.7. The van der Waals surface area contributed by atoms with Crippen molar-refractivity contribution in [2.75, 3.05) is 0 Å². The van der Waals surface area contributed by atoms with Gasteiger partial charge in [0.05, 0.1) is 0 Å². The van der Waals surface area contributed by atoms with E-state index in [0.29, 0.717) is 0 Å². The second-order valence-corrected chi connectivity index (χ2v) is 5.22. The van der Waals surface area contributed by atoms with Crippen LogP contribution in [0.2, 0.25) is 0 Å². The van der Waals surface area contributed by atoms with Crippen molar-refractivity contribution in [3.63, 3.8) is 0 Å². The fourth-order valence-electron chi connectivity index (χ4n) is 0.107. The van der Waals surface area contributed by atoms with Gasteiger partial charge in [-0.05, 0) is 0 Å². The summed E-state index contributed by atoms with van der Waals surface area (Å²) in [6.45, 7) is 8.72. The number of aromatic nitrogens is 3. The number of hydrogen-bond acceptors (Lipinski definition) is 3. The fraction of sp³-hybridized carbons (Fsp3) is 1.00. The standard InChI is InChI=1S/2C4H10.N3P3/c2*1-3-4-2;1-4-2-6-3-5-1/h2*3-4H2,1-2H3;. The fourth-order valence-corrected chi connectivity index (χ4v) is 1.93. The Kier molecular flexibility index (Phi) is 22.7. The lowest BCUT2D eigenvalue weighted by Crippen LogP contribution is -1.47. The molecule has 82 valence electrons. The molecule has 1 rings (SSSR count). The monoisotopic (exact) mass is 251 g/mol. The van der Waals surface area contributed by atoms with Crippen LogP contribution >= 0.6 is 25.5 Å². The summed E-state index contributed by atoms with van der Waals surface area (Å²) in [4.78, 5) is 0. The Morgan fingerprint density at radius 1 is 0.571 bits per heavy atom. The second-order valence-electron chi connectivity index (χ2n) is 2.54. The molecule has 6 heteroatoms. The molecule has 0 aliphatic heterocycles. The van der Waals surface area contributed by atoms with Gasteiger partial charge < -0.3 is 0 Å². The van der Waals surface area contributed by atoms with Crippen LogP contribution in [0.5, 0.6) is 0 Å². The second kappa shape index (κ2) is 19.0. The highest BCUT2D eigenvalue weighted by atomic mass is 31.1. The molecule has 0 aromatic carbocycles. The third kappa shape index (κ3) is 22.8. The van der Waals surface area contributed by atoms with E-state index in [1.807, 2.05) is 0 Å². The summed E-state index contributed by atoms with van der Waals surface area (Å²) in [6.07, 6.45) is 5.28. The lowest BCUT2D eigenvalue weighted by molar-refractivity contribution is 0.886. The van der Waals surface area contributed by atoms with Gasteiger partial charge >= 0.3 is 0 Å². The topological polar surface area (TPSA) is 38.7 Å². The van der Waals surface area contributed by atoms with Gasteiger partial charge in [-0.15, -0.1) is 0 Å². The van der Waals surface area contributed by atoms with E-state index in [-0.39, 0.29) is 0 Å². The molecule has 0 bridgehead atoms. The smallest absolute Gasteiger partial charge is 0.166 e. The van der Waals surface area contributed by atoms with E-state index in [2.05, 4.69) is 41.2 Å². The molecule has 0 fully saturated rings. The number of nitrogens with zero attached hydrogens (tertiary/aromatic N) is 3. The quantitative estimate of drug-likeness (QED) is 0.722. The maximum absolute atomic E-state index is 3.78. The van der Waals surface area contributed by atoms with Crippen molar-refractivity contribution in [1.82, 2.24) is 13.5 Å². The van der Waals surface area contributed by atoms with Crippen molar-refractivity contribution in [3.8, 4) is 0 Å². The highest BCUT2D eigenvalue weighted by molar-refractivity contribution is 7.43. The molecule has 1 aromatic heterocycles. The normalized spacial score (nSPS) is 9.43. The molecule has 1 heterocycles. The number of unbranched alkanes of at least 4 members (excludes halogenated alkanes) is 2. The van der Waals surface area contributed by atoms with Crippen LogP contribution in [0.4, 0.5) is 0 Å². The Morgan fingerprint density at radius 2 is 0.786 bits per heavy atom. The molecule has 1 aromatic rings. The molecule has 0 saturated heterocycles. The Labute approximate surface area is 92.9 Å². The number of rotatable bonds is 2. The molecule has 0 amide bonds. The predicted molar refractivity (Wildman–Crippen MR) is 68.5 cm³/mol. The molecule has 14 heavy (non-hydrogen) atoms. The van der Waals surface area contributed by atoms with Crippen molar-refractivity contribution in [3.05, 3.63) is 0 Å². The molecular formula is C8H20N3P3. The van der Waals surface area contributed by atoms with Crippen molar-refractivity contribution in [2.45, 2.75) is 53.4 Å². The minimum absolute atomic E-state index is 0.830. The lowest BCUT2D eigenvalue weighted by atomic mass is 10.4. The van der Waals surface area contributed by atoms with E-state index in [0.717, 1.165) is 25.5 Å². The van der Waals surface area contributed by atoms with Crippen molar-refractivity contribution in [2.24, 2.45) is 0 Å². The van der Waals surface area contributed by atoms with Crippen LogP contribution in [0.15, 0.2) is 0 Å². The molecule has 0 aliphatic rings. The summed E-state index contributed by atoms with van der Waals surface area (Å²) in [6, 6.07) is 0. The van der Waals surface area contributed by atoms with Crippen LogP contribution in [0.25, 0.3) is 0 Å². The summed E-state index contributed by atoms with van der Waals surface area (Å²) >= 11 is 0. The van der Waals surface area contributed by atoms with Gasteiger partial charge in [0.1, 0.15) is 0 Å². The minimum atomic E-state index is 0.830. The molecule has 0 radical (unpaired) electrons. The molecule has 0 N–H and O–H groups in total. The molecule has 0 spiro atoms. The maximum atomic E-state index is 3.78. The van der Waals surface area contributed by atoms with Crippen LogP contribution in [0, 0.1) is 0 Å². The third-order valence-electron chi connectivity index (χ3n) is 1.24. The molecular weight excluding hydrogens is 231 g/mol. The van der Waals surface area contributed by atoms with Crippen molar-refractivity contribution in [1.29, 1.82) is 0 Å². The highest BCUT2D eigenvalue weighted by Gasteiger charge is 1.64. The van der Waals surface area contributed by atoms with E-state index < -0.39 is 0 Å². The van der Waals surface area contributed by atoms with Crippen LogP contribution < -0.4 is 0 Å². The first-order chi connectivity index (χ1) is 6.83. The van der Waals surface area contributed by atoms with Gasteiger partial charge in [0, 0.05) is 0 Å². The van der Waals surface area contributed by atoms with Crippen molar-refractivity contribution >= 4 is 25.5 Å². The zero-order valence-electron chi connectivity index (χ0n) is 9.51. The average molecular weight is 251 g/mol. The van der Waals surface area contributed by atoms with Crippen LogP contribution in [0.3, 0.4) is 0 Å². The zero-order valence-corrected chi connectivity index (χ0v) is 12.2. The summed E-state index contributed by atoms with van der Waals surface area (Å²) in [5, 5.41) is 0. The zero-order chi connectivity index (χ0) is 11.1. The van der Waals surface area contributed by atoms with E-state index in [9.17, 15) is 0 Å². The van der Waals surface area contributed by atoms with Crippen LogP contribution in [-0.4, -0.2) is 13.5 Å². The summed E-state index contributed by atoms with van der Waals surface area (Å²) in [5.41, 5.74) is 0. The number of hydrogen-bond donors (Lipinski definition) is 0. The largest absolute Gasteiger partial charge is 0.166 e. The Balaban J connectivity index is 0. The molecule has 0 atom stereocenters. The van der Waals surface area contributed by atoms with E-state index in [1.54, 1.807) is 0 Å². The van der Waals surface area contributed by atoms with Crippen LogP contribution in [-0.2, 0) is 0 Å². The molecule has 3 nitrogen and oxygen atoms in total. The summed E-state index contributed by atoms with van der Waals surface area (Å²) in [5.74, 6) is 0. The average Bonchev–Trinajstić information content (AvgIpc) is 2.32. The summed E-state index contributed by atoms with van der Waals surface area (Å²) in [7, 11) is 2.49. The van der Waals surface area contributed by atoms with Gasteiger partial charge in [0.15, 0.2) is 25.5 Å². The molecule has 0 saturated carbocycles. The van der Waals surface area contributed by atoms with Gasteiger partial charge in [-0.25, -0.2) is 0 Å². The Morgan fingerprint density at radius 3 is 0.857 bits per heavy atom. The third-order valence-corrected chi connectivity index (χ3v) is 3.16. The molecule has 0 aliphatic carbocycles. The predicted octanol–water partition coefficient (Wildman–Crippen LogP) is 5.22. The van der Waals surface area contributed by atoms with E-state index in [4.69, 9.17) is 0 Å². The van der Waals surface area contributed by atoms with E-state index in [1.165, 1.54) is 25.7 Å².